The summed E-state index contributed by atoms with van der Waals surface area (Å²) in [5.74, 6) is 1.60. The predicted octanol–water partition coefficient (Wildman–Crippen LogP) is 2.63. The highest BCUT2D eigenvalue weighted by molar-refractivity contribution is 5.94. The number of aryl methyl sites for hydroxylation is 1. The topological polar surface area (TPSA) is 94.7 Å². The van der Waals surface area contributed by atoms with Crippen molar-refractivity contribution in [2.24, 2.45) is 0 Å². The Bertz CT molecular complexity index is 1310. The molecule has 0 radical (unpaired) electrons. The van der Waals surface area contributed by atoms with E-state index in [0.717, 1.165) is 37.5 Å². The largest absolute Gasteiger partial charge is 0.345 e. The van der Waals surface area contributed by atoms with Gasteiger partial charge in [-0.25, -0.2) is 4.98 Å². The number of hydrogen-bond acceptors (Lipinski definition) is 5. The lowest BCUT2D eigenvalue weighted by molar-refractivity contribution is 0.0949. The first-order chi connectivity index (χ1) is 15.2. The Hall–Kier alpha value is -3.81. The van der Waals surface area contributed by atoms with E-state index in [4.69, 9.17) is 0 Å². The van der Waals surface area contributed by atoms with Crippen LogP contribution in [0.4, 0.5) is 0 Å². The molecule has 31 heavy (non-hydrogen) atoms. The number of amides is 1. The zero-order valence-electron chi connectivity index (χ0n) is 17.0. The fraction of sp³-hybridized carbons (Fsp3) is 0.261. The Labute approximate surface area is 178 Å². The molecule has 5 rings (SSSR count). The van der Waals surface area contributed by atoms with E-state index in [0.29, 0.717) is 28.7 Å². The fourth-order valence-electron chi connectivity index (χ4n) is 3.96. The highest BCUT2D eigenvalue weighted by Crippen LogP contribution is 2.15. The first-order valence-corrected chi connectivity index (χ1v) is 10.5. The van der Waals surface area contributed by atoms with Crippen LogP contribution in [0.3, 0.4) is 0 Å². The second-order valence-electron chi connectivity index (χ2n) is 7.66. The van der Waals surface area contributed by atoms with Crippen LogP contribution < -0.4 is 10.9 Å². The van der Waals surface area contributed by atoms with Gasteiger partial charge in [0.05, 0.1) is 23.1 Å². The average molecular weight is 414 g/mol. The molecule has 1 N–H and O–H groups in total. The van der Waals surface area contributed by atoms with Gasteiger partial charge in [-0.2, -0.15) is 0 Å². The van der Waals surface area contributed by atoms with Crippen LogP contribution >= 0.6 is 0 Å². The number of benzene rings is 2. The molecule has 0 bridgehead atoms. The number of nitrogens with zero attached hydrogens (tertiary/aromatic N) is 5. The van der Waals surface area contributed by atoms with E-state index < -0.39 is 0 Å². The summed E-state index contributed by atoms with van der Waals surface area (Å²) in [5, 5.41) is 12.0. The van der Waals surface area contributed by atoms with Gasteiger partial charge in [0.2, 0.25) is 0 Å². The second kappa shape index (κ2) is 8.14. The quantitative estimate of drug-likeness (QED) is 0.554. The van der Waals surface area contributed by atoms with Gasteiger partial charge in [0.15, 0.2) is 5.82 Å². The lowest BCUT2D eigenvalue weighted by Gasteiger charge is -2.09. The van der Waals surface area contributed by atoms with E-state index in [-0.39, 0.29) is 11.5 Å². The van der Waals surface area contributed by atoms with Crippen LogP contribution in [0, 0.1) is 0 Å². The molecule has 0 spiro atoms. The third-order valence-electron chi connectivity index (χ3n) is 5.67. The van der Waals surface area contributed by atoms with E-state index in [1.165, 1.54) is 17.3 Å². The van der Waals surface area contributed by atoms with Gasteiger partial charge in [0, 0.05) is 18.5 Å². The van der Waals surface area contributed by atoms with Gasteiger partial charge in [0.1, 0.15) is 12.2 Å². The van der Waals surface area contributed by atoms with Crippen LogP contribution in [0.2, 0.25) is 0 Å². The highest BCUT2D eigenvalue weighted by Gasteiger charge is 2.15. The van der Waals surface area contributed by atoms with Crippen molar-refractivity contribution in [1.82, 2.24) is 29.6 Å². The molecule has 8 nitrogen and oxygen atoms in total. The molecule has 8 heteroatoms. The third kappa shape index (κ3) is 3.72. The van der Waals surface area contributed by atoms with Gasteiger partial charge < -0.3 is 9.88 Å². The fourth-order valence-corrected chi connectivity index (χ4v) is 3.96. The standard InChI is InChI=1S/C23H22N6O2/c30-22(24-14-21-27-26-20-8-2-1-5-13-28(20)21)16-9-11-17(12-10-16)29-15-25-19-7-4-3-6-18(19)23(29)31/h3-4,6-7,9-12,15H,1-2,5,8,13-14H2,(H,24,30). The summed E-state index contributed by atoms with van der Waals surface area (Å²) in [4.78, 5) is 29.7. The molecule has 0 aliphatic carbocycles. The average Bonchev–Trinajstić information content (AvgIpc) is 3.04. The molecule has 156 valence electrons. The molecule has 2 aromatic carbocycles. The van der Waals surface area contributed by atoms with Crippen LogP contribution in [0.5, 0.6) is 0 Å². The smallest absolute Gasteiger partial charge is 0.265 e. The molecule has 0 unspecified atom stereocenters. The van der Waals surface area contributed by atoms with Gasteiger partial charge in [-0.1, -0.05) is 18.6 Å². The Morgan fingerprint density at radius 1 is 1.00 bits per heavy atom. The molecule has 4 aromatic rings. The number of rotatable bonds is 4. The van der Waals surface area contributed by atoms with Crippen molar-refractivity contribution < 1.29 is 4.79 Å². The Kier molecular flexibility index (Phi) is 5.03. The van der Waals surface area contributed by atoms with E-state index in [1.54, 1.807) is 30.3 Å². The number of hydrogen-bond donors (Lipinski definition) is 1. The van der Waals surface area contributed by atoms with Crippen molar-refractivity contribution >= 4 is 16.8 Å². The van der Waals surface area contributed by atoms with E-state index in [9.17, 15) is 9.59 Å². The molecule has 1 aliphatic rings. The molecule has 0 atom stereocenters. The number of carbonyl (C=O) groups excluding carboxylic acids is 1. The van der Waals surface area contributed by atoms with Crippen LogP contribution in [0.1, 0.15) is 41.3 Å². The monoisotopic (exact) mass is 414 g/mol. The van der Waals surface area contributed by atoms with Gasteiger partial charge in [-0.3, -0.25) is 14.2 Å². The van der Waals surface area contributed by atoms with Gasteiger partial charge >= 0.3 is 0 Å². The Morgan fingerprint density at radius 2 is 1.84 bits per heavy atom. The van der Waals surface area contributed by atoms with E-state index in [2.05, 4.69) is 25.1 Å². The van der Waals surface area contributed by atoms with Crippen molar-refractivity contribution in [3.8, 4) is 5.69 Å². The minimum atomic E-state index is -0.193. The first kappa shape index (κ1) is 19.2. The van der Waals surface area contributed by atoms with Gasteiger partial charge in [0.25, 0.3) is 11.5 Å². The number of fused-ring (bicyclic) bond motifs is 2. The highest BCUT2D eigenvalue weighted by atomic mass is 16.1. The molecule has 0 saturated carbocycles. The van der Waals surface area contributed by atoms with Gasteiger partial charge in [-0.15, -0.1) is 10.2 Å². The summed E-state index contributed by atoms with van der Waals surface area (Å²) in [5.41, 5.74) is 1.69. The summed E-state index contributed by atoms with van der Waals surface area (Å²) < 4.78 is 3.60. The SMILES string of the molecule is O=C(NCc1nnc2n1CCCCC2)c1ccc(-n2cnc3ccccc3c2=O)cc1. The zero-order chi connectivity index (χ0) is 21.2. The van der Waals surface area contributed by atoms with Crippen molar-refractivity contribution in [3.05, 3.63) is 82.4 Å². The van der Waals surface area contributed by atoms with Crippen molar-refractivity contribution in [1.29, 1.82) is 0 Å². The summed E-state index contributed by atoms with van der Waals surface area (Å²) in [6.07, 6.45) is 5.88. The summed E-state index contributed by atoms with van der Waals surface area (Å²) >= 11 is 0. The van der Waals surface area contributed by atoms with Crippen molar-refractivity contribution in [2.45, 2.75) is 38.8 Å². The van der Waals surface area contributed by atoms with Crippen LogP contribution in [0.25, 0.3) is 16.6 Å². The third-order valence-corrected chi connectivity index (χ3v) is 5.67. The Morgan fingerprint density at radius 3 is 2.71 bits per heavy atom. The zero-order valence-corrected chi connectivity index (χ0v) is 17.0. The van der Waals surface area contributed by atoms with Gasteiger partial charge in [-0.05, 0) is 49.2 Å². The maximum Gasteiger partial charge on any atom is 0.265 e. The Balaban J connectivity index is 1.31. The maximum atomic E-state index is 12.8. The molecule has 2 aromatic heterocycles. The normalized spacial score (nSPS) is 13.5. The summed E-state index contributed by atoms with van der Waals surface area (Å²) in [6.45, 7) is 1.23. The lowest BCUT2D eigenvalue weighted by Crippen LogP contribution is -2.25. The molecule has 1 aliphatic heterocycles. The number of nitrogens with one attached hydrogen (secondary N) is 1. The van der Waals surface area contributed by atoms with Crippen molar-refractivity contribution in [3.63, 3.8) is 0 Å². The number of aromatic nitrogens is 5. The maximum absolute atomic E-state index is 12.8. The summed E-state index contributed by atoms with van der Waals surface area (Å²) in [7, 11) is 0. The molecular weight excluding hydrogens is 392 g/mol. The number of carbonyl (C=O) groups is 1. The molecule has 0 saturated heterocycles. The minimum Gasteiger partial charge on any atom is -0.345 e. The minimum absolute atomic E-state index is 0.143. The van der Waals surface area contributed by atoms with Crippen molar-refractivity contribution in [2.75, 3.05) is 0 Å². The second-order valence-corrected chi connectivity index (χ2v) is 7.66. The van der Waals surface area contributed by atoms with Crippen LogP contribution in [-0.4, -0.2) is 30.2 Å². The predicted molar refractivity (Wildman–Crippen MR) is 116 cm³/mol. The number of para-hydroxylation sites is 1. The van der Waals surface area contributed by atoms with Crippen LogP contribution in [-0.2, 0) is 19.5 Å². The molecule has 1 amide bonds. The van der Waals surface area contributed by atoms with Crippen LogP contribution in [0.15, 0.2) is 59.7 Å². The molecular formula is C23H22N6O2. The first-order valence-electron chi connectivity index (χ1n) is 10.5. The summed E-state index contributed by atoms with van der Waals surface area (Å²) in [6, 6.07) is 14.1. The molecule has 3 heterocycles. The molecule has 0 fully saturated rings. The van der Waals surface area contributed by atoms with E-state index >= 15 is 0 Å². The van der Waals surface area contributed by atoms with E-state index in [1.807, 2.05) is 18.2 Å². The lowest BCUT2D eigenvalue weighted by atomic mass is 10.2.